The molecule has 6 nitrogen and oxygen atoms in total. The summed E-state index contributed by atoms with van der Waals surface area (Å²) < 4.78 is 11.2. The predicted molar refractivity (Wildman–Crippen MR) is 80.9 cm³/mol. The molecule has 1 unspecified atom stereocenters. The number of benzene rings is 1. The molecule has 1 saturated heterocycles. The van der Waals surface area contributed by atoms with Crippen molar-refractivity contribution in [1.29, 1.82) is 0 Å². The van der Waals surface area contributed by atoms with Crippen LogP contribution in [0.4, 0.5) is 5.69 Å². The van der Waals surface area contributed by atoms with E-state index in [-0.39, 0.29) is 6.10 Å². The maximum atomic E-state index is 5.82. The Morgan fingerprint density at radius 2 is 2.19 bits per heavy atom. The largest absolute Gasteiger partial charge is 0.490 e. The van der Waals surface area contributed by atoms with Gasteiger partial charge in [-0.25, -0.2) is 0 Å². The number of morpholine rings is 1. The highest BCUT2D eigenvalue weighted by Gasteiger charge is 2.20. The highest BCUT2D eigenvalue weighted by atomic mass is 16.7. The van der Waals surface area contributed by atoms with Gasteiger partial charge in [-0.2, -0.15) is 0 Å². The van der Waals surface area contributed by atoms with Gasteiger partial charge in [-0.1, -0.05) is 11.2 Å². The van der Waals surface area contributed by atoms with Crippen molar-refractivity contribution < 1.29 is 14.3 Å². The Balaban J connectivity index is 1.54. The summed E-state index contributed by atoms with van der Waals surface area (Å²) in [5.74, 6) is 0.851. The van der Waals surface area contributed by atoms with E-state index in [1.54, 1.807) is 0 Å². The molecule has 1 aromatic rings. The molecule has 2 aliphatic heterocycles. The minimum Gasteiger partial charge on any atom is -0.490 e. The molecule has 114 valence electrons. The van der Waals surface area contributed by atoms with E-state index in [2.05, 4.69) is 22.2 Å². The van der Waals surface area contributed by atoms with Gasteiger partial charge in [0.15, 0.2) is 6.10 Å². The Morgan fingerprint density at radius 1 is 1.33 bits per heavy atom. The standard InChI is InChI=1S/C15H21N3O3/c16-10-12-8-15(21-17-12)11-20-14-3-1-2-13(9-14)18-4-6-19-7-5-18/h1-3,9,15H,4-8,10-11,16H2. The van der Waals surface area contributed by atoms with Crippen molar-refractivity contribution in [3.8, 4) is 5.75 Å². The molecule has 0 amide bonds. The summed E-state index contributed by atoms with van der Waals surface area (Å²) in [7, 11) is 0. The van der Waals surface area contributed by atoms with Crippen LogP contribution in [0.15, 0.2) is 29.4 Å². The van der Waals surface area contributed by atoms with E-state index >= 15 is 0 Å². The van der Waals surface area contributed by atoms with E-state index in [0.717, 1.165) is 44.2 Å². The molecule has 1 atom stereocenters. The molecule has 2 N–H and O–H groups in total. The summed E-state index contributed by atoms with van der Waals surface area (Å²) in [5, 5.41) is 3.93. The maximum absolute atomic E-state index is 5.82. The van der Waals surface area contributed by atoms with E-state index in [4.69, 9.17) is 20.0 Å². The Bertz CT molecular complexity index is 501. The van der Waals surface area contributed by atoms with E-state index < -0.39 is 0 Å². The highest BCUT2D eigenvalue weighted by Crippen LogP contribution is 2.23. The first kappa shape index (κ1) is 14.2. The fourth-order valence-corrected chi connectivity index (χ4v) is 2.48. The highest BCUT2D eigenvalue weighted by molar-refractivity contribution is 5.87. The number of oxime groups is 1. The van der Waals surface area contributed by atoms with Gasteiger partial charge >= 0.3 is 0 Å². The average molecular weight is 291 g/mol. The van der Waals surface area contributed by atoms with Crippen molar-refractivity contribution in [3.63, 3.8) is 0 Å². The van der Waals surface area contributed by atoms with E-state index in [9.17, 15) is 0 Å². The van der Waals surface area contributed by atoms with E-state index in [0.29, 0.717) is 13.2 Å². The van der Waals surface area contributed by atoms with Crippen LogP contribution in [0, 0.1) is 0 Å². The smallest absolute Gasteiger partial charge is 0.166 e. The fourth-order valence-electron chi connectivity index (χ4n) is 2.48. The van der Waals surface area contributed by atoms with Crippen LogP contribution >= 0.6 is 0 Å². The molecule has 0 aliphatic carbocycles. The van der Waals surface area contributed by atoms with E-state index in [1.807, 2.05) is 12.1 Å². The molecular formula is C15H21N3O3. The monoisotopic (exact) mass is 291 g/mol. The first-order valence-corrected chi connectivity index (χ1v) is 7.32. The molecule has 1 fully saturated rings. The molecule has 0 bridgehead atoms. The summed E-state index contributed by atoms with van der Waals surface area (Å²) in [6.07, 6.45) is 0.718. The molecule has 2 heterocycles. The number of hydrogen-bond acceptors (Lipinski definition) is 6. The van der Waals surface area contributed by atoms with Gasteiger partial charge in [-0.05, 0) is 12.1 Å². The van der Waals surface area contributed by atoms with Crippen molar-refractivity contribution in [3.05, 3.63) is 24.3 Å². The number of nitrogens with two attached hydrogens (primary N) is 1. The van der Waals surface area contributed by atoms with Gasteiger partial charge in [0, 0.05) is 37.8 Å². The molecule has 0 radical (unpaired) electrons. The molecule has 0 saturated carbocycles. The zero-order valence-corrected chi connectivity index (χ0v) is 12.0. The van der Waals surface area contributed by atoms with Gasteiger partial charge in [0.2, 0.25) is 0 Å². The Labute approximate surface area is 124 Å². The van der Waals surface area contributed by atoms with Crippen molar-refractivity contribution in [2.45, 2.75) is 12.5 Å². The van der Waals surface area contributed by atoms with Gasteiger partial charge in [0.25, 0.3) is 0 Å². The summed E-state index contributed by atoms with van der Waals surface area (Å²) in [4.78, 5) is 7.58. The third-order valence-corrected chi connectivity index (χ3v) is 3.66. The minimum absolute atomic E-state index is 0.0319. The van der Waals surface area contributed by atoms with Crippen LogP contribution in [0.25, 0.3) is 0 Å². The Kier molecular flexibility index (Phi) is 4.57. The molecule has 1 aromatic carbocycles. The van der Waals surface area contributed by atoms with E-state index in [1.165, 1.54) is 5.69 Å². The molecule has 21 heavy (non-hydrogen) atoms. The third-order valence-electron chi connectivity index (χ3n) is 3.66. The zero-order valence-electron chi connectivity index (χ0n) is 12.0. The van der Waals surface area contributed by atoms with Crippen LogP contribution in [-0.2, 0) is 9.57 Å². The SMILES string of the molecule is NCC1=NOC(COc2cccc(N3CCOCC3)c2)C1. The van der Waals surface area contributed by atoms with Crippen LogP contribution in [0.1, 0.15) is 6.42 Å². The number of hydrogen-bond donors (Lipinski definition) is 1. The Hall–Kier alpha value is -1.79. The first-order valence-electron chi connectivity index (χ1n) is 7.32. The molecule has 2 aliphatic rings. The summed E-state index contributed by atoms with van der Waals surface area (Å²) >= 11 is 0. The topological polar surface area (TPSA) is 69.3 Å². The average Bonchev–Trinajstić information content (AvgIpc) is 3.02. The first-order chi connectivity index (χ1) is 10.3. The molecule has 0 aromatic heterocycles. The normalized spacial score (nSPS) is 21.9. The van der Waals surface area contributed by atoms with Gasteiger partial charge in [0.05, 0.1) is 18.9 Å². The van der Waals surface area contributed by atoms with Gasteiger partial charge in [-0.3, -0.25) is 0 Å². The lowest BCUT2D eigenvalue weighted by molar-refractivity contribution is 0.0471. The van der Waals surface area contributed by atoms with Crippen molar-refractivity contribution in [2.75, 3.05) is 44.4 Å². The molecular weight excluding hydrogens is 270 g/mol. The van der Waals surface area contributed by atoms with Crippen LogP contribution < -0.4 is 15.4 Å². The van der Waals surface area contributed by atoms with Crippen molar-refractivity contribution in [2.24, 2.45) is 10.9 Å². The van der Waals surface area contributed by atoms with Gasteiger partial charge in [0.1, 0.15) is 12.4 Å². The fraction of sp³-hybridized carbons (Fsp3) is 0.533. The maximum Gasteiger partial charge on any atom is 0.166 e. The third kappa shape index (κ3) is 3.65. The molecule has 0 spiro atoms. The number of anilines is 1. The lowest BCUT2D eigenvalue weighted by Gasteiger charge is -2.29. The summed E-state index contributed by atoms with van der Waals surface area (Å²) in [6.45, 7) is 4.33. The van der Waals surface area contributed by atoms with Crippen LogP contribution in [0.5, 0.6) is 5.75 Å². The number of ether oxygens (including phenoxy) is 2. The van der Waals surface area contributed by atoms with Crippen molar-refractivity contribution in [1.82, 2.24) is 0 Å². The lowest BCUT2D eigenvalue weighted by Crippen LogP contribution is -2.36. The summed E-state index contributed by atoms with van der Waals surface area (Å²) in [6, 6.07) is 8.13. The van der Waals surface area contributed by atoms with Crippen LogP contribution in [0.2, 0.25) is 0 Å². The lowest BCUT2D eigenvalue weighted by atomic mass is 10.2. The van der Waals surface area contributed by atoms with Crippen molar-refractivity contribution >= 4 is 11.4 Å². The minimum atomic E-state index is -0.0319. The van der Waals surface area contributed by atoms with Crippen LogP contribution in [0.3, 0.4) is 0 Å². The molecule has 3 rings (SSSR count). The number of nitrogens with zero attached hydrogens (tertiary/aromatic N) is 2. The second-order valence-electron chi connectivity index (χ2n) is 5.20. The number of rotatable bonds is 5. The van der Waals surface area contributed by atoms with Gasteiger partial charge in [-0.15, -0.1) is 0 Å². The Morgan fingerprint density at radius 3 is 2.95 bits per heavy atom. The summed E-state index contributed by atoms with van der Waals surface area (Å²) in [5.41, 5.74) is 7.60. The van der Waals surface area contributed by atoms with Crippen LogP contribution in [-0.4, -0.2) is 51.3 Å². The van der Waals surface area contributed by atoms with Gasteiger partial charge < -0.3 is 24.9 Å². The molecule has 6 heteroatoms. The quantitative estimate of drug-likeness (QED) is 0.876. The second kappa shape index (κ2) is 6.78. The zero-order chi connectivity index (χ0) is 14.5. The second-order valence-corrected chi connectivity index (χ2v) is 5.20. The predicted octanol–water partition coefficient (Wildman–Crippen LogP) is 1.01.